The fourth-order valence-corrected chi connectivity index (χ4v) is 0.548. The minimum absolute atomic E-state index is 4.81. The summed E-state index contributed by atoms with van der Waals surface area (Å²) in [4.78, 5) is 0. The third kappa shape index (κ3) is 1.93. The lowest BCUT2D eigenvalue weighted by atomic mass is 10.0. The lowest BCUT2D eigenvalue weighted by Crippen LogP contribution is -2.64. The van der Waals surface area contributed by atoms with Gasteiger partial charge in [0.15, 0.2) is 0 Å². The van der Waals surface area contributed by atoms with Gasteiger partial charge in [0.2, 0.25) is 0 Å². The van der Waals surface area contributed by atoms with Crippen LogP contribution in [0.25, 0.3) is 0 Å². The van der Waals surface area contributed by atoms with E-state index in [2.05, 4.69) is 0 Å². The van der Waals surface area contributed by atoms with Crippen LogP contribution in [0.4, 0.5) is 39.5 Å². The average molecular weight is 266 g/mol. The summed E-state index contributed by atoms with van der Waals surface area (Å²) in [5, 5.41) is 14.8. The Kier molecular flexibility index (Phi) is 3.49. The Hall–Kier alpha value is -0.710. The lowest BCUT2D eigenvalue weighted by Gasteiger charge is -2.34. The van der Waals surface area contributed by atoms with Crippen molar-refractivity contribution in [3.63, 3.8) is 0 Å². The SMILES string of the molecule is OC(F)C(F)(F)C(F)(F)C(F)(F)C(O)(F)F. The molecule has 0 saturated heterocycles. The molecule has 98 valence electrons. The maximum absolute atomic E-state index is 12.2. The van der Waals surface area contributed by atoms with Gasteiger partial charge in [0, 0.05) is 0 Å². The summed E-state index contributed by atoms with van der Waals surface area (Å²) in [7, 11) is 0. The van der Waals surface area contributed by atoms with E-state index in [0.717, 1.165) is 0 Å². The van der Waals surface area contributed by atoms with E-state index in [1.807, 2.05) is 0 Å². The molecule has 0 aliphatic carbocycles. The molecule has 11 heteroatoms. The van der Waals surface area contributed by atoms with E-state index in [-0.39, 0.29) is 0 Å². The molecule has 16 heavy (non-hydrogen) atoms. The molecule has 2 nitrogen and oxygen atoms in total. The normalized spacial score (nSPS) is 17.4. The molecule has 0 saturated carbocycles. The molecule has 0 aliphatic rings. The zero-order valence-corrected chi connectivity index (χ0v) is 6.87. The van der Waals surface area contributed by atoms with Crippen LogP contribution in [-0.2, 0) is 0 Å². The number of rotatable bonds is 4. The largest absolute Gasteiger partial charge is 0.423 e. The summed E-state index contributed by atoms with van der Waals surface area (Å²) in [5.74, 6) is -20.5. The van der Waals surface area contributed by atoms with Gasteiger partial charge in [-0.1, -0.05) is 0 Å². The van der Waals surface area contributed by atoms with Gasteiger partial charge >= 0.3 is 23.9 Å². The second-order valence-corrected chi connectivity index (χ2v) is 2.65. The number of hydrogen-bond donors (Lipinski definition) is 2. The first-order valence-electron chi connectivity index (χ1n) is 3.25. The summed E-state index contributed by atoms with van der Waals surface area (Å²) in [6, 6.07) is 0. The van der Waals surface area contributed by atoms with Crippen molar-refractivity contribution in [3.8, 4) is 0 Å². The molecule has 0 fully saturated rings. The molecule has 0 bridgehead atoms. The van der Waals surface area contributed by atoms with Crippen LogP contribution >= 0.6 is 0 Å². The predicted molar refractivity (Wildman–Crippen MR) is 29.1 cm³/mol. The van der Waals surface area contributed by atoms with Crippen LogP contribution in [0, 0.1) is 0 Å². The molecule has 0 aromatic heterocycles. The van der Waals surface area contributed by atoms with E-state index in [0.29, 0.717) is 0 Å². The van der Waals surface area contributed by atoms with Crippen molar-refractivity contribution in [2.24, 2.45) is 0 Å². The highest BCUT2D eigenvalue weighted by atomic mass is 19.4. The van der Waals surface area contributed by atoms with Gasteiger partial charge < -0.3 is 10.2 Å². The summed E-state index contributed by atoms with van der Waals surface area (Å²) < 4.78 is 107. The zero-order chi connectivity index (χ0) is 13.6. The van der Waals surface area contributed by atoms with Crippen molar-refractivity contribution in [2.45, 2.75) is 30.2 Å². The molecule has 0 spiro atoms. The van der Waals surface area contributed by atoms with Gasteiger partial charge in [-0.25, -0.2) is 4.39 Å². The second kappa shape index (κ2) is 3.65. The fourth-order valence-electron chi connectivity index (χ4n) is 0.548. The maximum atomic E-state index is 12.2. The molecule has 0 radical (unpaired) electrons. The van der Waals surface area contributed by atoms with E-state index in [1.165, 1.54) is 0 Å². The van der Waals surface area contributed by atoms with Crippen LogP contribution in [0.3, 0.4) is 0 Å². The molecule has 0 heterocycles. The molecule has 0 amide bonds. The average Bonchev–Trinajstić information content (AvgIpc) is 2.00. The zero-order valence-electron chi connectivity index (χ0n) is 6.87. The van der Waals surface area contributed by atoms with Gasteiger partial charge in [-0.2, -0.15) is 35.1 Å². The molecular formula is C5H3F9O2. The minimum atomic E-state index is -6.99. The van der Waals surface area contributed by atoms with Crippen molar-refractivity contribution in [2.75, 3.05) is 0 Å². The lowest BCUT2D eigenvalue weighted by molar-refractivity contribution is -0.430. The monoisotopic (exact) mass is 266 g/mol. The molecule has 2 N–H and O–H groups in total. The fraction of sp³-hybridized carbons (Fsp3) is 1.00. The number of hydrogen-bond acceptors (Lipinski definition) is 2. The second-order valence-electron chi connectivity index (χ2n) is 2.65. The Labute approximate surface area is 81.3 Å². The van der Waals surface area contributed by atoms with Crippen LogP contribution in [0.1, 0.15) is 0 Å². The third-order valence-corrected chi connectivity index (χ3v) is 1.49. The van der Waals surface area contributed by atoms with E-state index in [1.54, 1.807) is 0 Å². The van der Waals surface area contributed by atoms with Gasteiger partial charge in [-0.15, -0.1) is 0 Å². The van der Waals surface area contributed by atoms with E-state index < -0.39 is 30.2 Å². The van der Waals surface area contributed by atoms with Gasteiger partial charge in [-0.05, 0) is 0 Å². The van der Waals surface area contributed by atoms with E-state index >= 15 is 0 Å². The topological polar surface area (TPSA) is 40.5 Å². The summed E-state index contributed by atoms with van der Waals surface area (Å²) in [6.45, 7) is 0. The van der Waals surface area contributed by atoms with Crippen LogP contribution in [0.2, 0.25) is 0 Å². The maximum Gasteiger partial charge on any atom is 0.423 e. The van der Waals surface area contributed by atoms with Crippen molar-refractivity contribution in [3.05, 3.63) is 0 Å². The van der Waals surface area contributed by atoms with Gasteiger partial charge in [0.25, 0.3) is 6.36 Å². The van der Waals surface area contributed by atoms with E-state index in [9.17, 15) is 39.5 Å². The van der Waals surface area contributed by atoms with Crippen molar-refractivity contribution >= 4 is 0 Å². The molecule has 0 aromatic carbocycles. The van der Waals surface area contributed by atoms with Crippen molar-refractivity contribution in [1.82, 2.24) is 0 Å². The standard InChI is InChI=1S/C5H3F9O2/c6-1(15)2(7,8)3(9,10)4(11,12)5(13,14)16/h1,15-16H. The van der Waals surface area contributed by atoms with E-state index in [4.69, 9.17) is 10.2 Å². The Morgan fingerprint density at radius 1 is 0.750 bits per heavy atom. The van der Waals surface area contributed by atoms with Crippen molar-refractivity contribution in [1.29, 1.82) is 0 Å². The van der Waals surface area contributed by atoms with Crippen LogP contribution < -0.4 is 0 Å². The molecule has 1 atom stereocenters. The number of aliphatic hydroxyl groups is 2. The summed E-state index contributed by atoms with van der Waals surface area (Å²) in [6.07, 6.45) is -11.3. The quantitative estimate of drug-likeness (QED) is 0.761. The third-order valence-electron chi connectivity index (χ3n) is 1.49. The first-order valence-corrected chi connectivity index (χ1v) is 3.25. The Morgan fingerprint density at radius 3 is 1.25 bits per heavy atom. The Balaban J connectivity index is 5.53. The van der Waals surface area contributed by atoms with Crippen LogP contribution in [0.5, 0.6) is 0 Å². The molecule has 1 unspecified atom stereocenters. The highest BCUT2D eigenvalue weighted by Gasteiger charge is 2.82. The minimum Gasteiger partial charge on any atom is -0.359 e. The molecule has 0 rings (SSSR count). The first kappa shape index (κ1) is 15.3. The highest BCUT2D eigenvalue weighted by Crippen LogP contribution is 2.52. The van der Waals surface area contributed by atoms with Gasteiger partial charge in [0.1, 0.15) is 0 Å². The van der Waals surface area contributed by atoms with Gasteiger partial charge in [-0.3, -0.25) is 0 Å². The first-order chi connectivity index (χ1) is 6.69. The Morgan fingerprint density at radius 2 is 1.06 bits per heavy atom. The summed E-state index contributed by atoms with van der Waals surface area (Å²) >= 11 is 0. The smallest absolute Gasteiger partial charge is 0.359 e. The van der Waals surface area contributed by atoms with Crippen LogP contribution in [-0.4, -0.2) is 40.4 Å². The van der Waals surface area contributed by atoms with Gasteiger partial charge in [0.05, 0.1) is 0 Å². The van der Waals surface area contributed by atoms with Crippen molar-refractivity contribution < 1.29 is 49.7 Å². The number of halogens is 9. The Bertz CT molecular complexity index is 255. The number of aliphatic hydroxyl groups excluding tert-OH is 1. The predicted octanol–water partition coefficient (Wildman–Crippen LogP) is 1.77. The molecule has 0 aromatic rings. The number of alkyl halides is 9. The highest BCUT2D eigenvalue weighted by molar-refractivity contribution is 5.01. The molecular weight excluding hydrogens is 263 g/mol. The van der Waals surface area contributed by atoms with Crippen LogP contribution in [0.15, 0.2) is 0 Å². The molecule has 0 aliphatic heterocycles. The summed E-state index contributed by atoms with van der Waals surface area (Å²) in [5.41, 5.74) is 0.